The average Bonchev–Trinajstić information content (AvgIpc) is 2.90. The maximum absolute atomic E-state index is 12.2. The Labute approximate surface area is 221 Å². The third-order valence-electron chi connectivity index (χ3n) is 5.62. The van der Waals surface area contributed by atoms with Gasteiger partial charge in [-0.3, -0.25) is 4.79 Å². The molecule has 3 aromatic carbocycles. The smallest absolute Gasteiger partial charge is 0.323 e. The molecule has 0 spiro atoms. The fraction of sp³-hybridized carbons (Fsp3) is 0.296. The fourth-order valence-corrected chi connectivity index (χ4v) is 4.54. The van der Waals surface area contributed by atoms with Gasteiger partial charge in [-0.25, -0.2) is 8.42 Å². The highest BCUT2D eigenvalue weighted by atomic mass is 32.2. The van der Waals surface area contributed by atoms with Crippen LogP contribution in [0, 0.1) is 0 Å². The van der Waals surface area contributed by atoms with Gasteiger partial charge in [-0.05, 0) is 64.4 Å². The molecule has 0 radical (unpaired) electrons. The molecule has 10 nitrogen and oxygen atoms in total. The van der Waals surface area contributed by atoms with Crippen LogP contribution >= 0.6 is 0 Å². The Balaban J connectivity index is 1.45. The number of nitrogens with one attached hydrogen (secondary N) is 2. The molecule has 0 bridgehead atoms. The third kappa shape index (κ3) is 8.91. The molecule has 11 heteroatoms. The summed E-state index contributed by atoms with van der Waals surface area (Å²) in [6.45, 7) is 2.27. The first-order valence-electron chi connectivity index (χ1n) is 11.9. The second-order valence-corrected chi connectivity index (χ2v) is 10.3. The standard InChI is InChI=1S/C27H32N2O8S/c1-19(31)37-29-38(34,35)25-7-3-6-22(13-25)18-36-17-21-5-2-4-20(12-21)10-11-28-15-27(33)23-8-9-26(32)24(14-23)16-30/h2-9,12-14,27-30,32-33H,10-11,15-18H2,1H3/t27-/m1/s1. The number of hydrogen-bond acceptors (Lipinski definition) is 9. The zero-order valence-corrected chi connectivity index (χ0v) is 21.8. The summed E-state index contributed by atoms with van der Waals surface area (Å²) in [5, 5.41) is 32.5. The predicted octanol–water partition coefficient (Wildman–Crippen LogP) is 2.22. The minimum Gasteiger partial charge on any atom is -0.508 e. The zero-order chi connectivity index (χ0) is 27.5. The van der Waals surface area contributed by atoms with E-state index < -0.39 is 22.1 Å². The molecule has 3 aromatic rings. The van der Waals surface area contributed by atoms with Gasteiger partial charge in [-0.1, -0.05) is 42.5 Å². The highest BCUT2D eigenvalue weighted by Crippen LogP contribution is 2.22. The molecule has 0 unspecified atom stereocenters. The summed E-state index contributed by atoms with van der Waals surface area (Å²) in [5.74, 6) is -0.773. The number of aliphatic hydroxyl groups excluding tert-OH is 2. The van der Waals surface area contributed by atoms with Gasteiger partial charge in [-0.2, -0.15) is 0 Å². The molecule has 0 aliphatic carbocycles. The minimum atomic E-state index is -3.99. The highest BCUT2D eigenvalue weighted by Gasteiger charge is 2.16. The van der Waals surface area contributed by atoms with Crippen LogP contribution in [0.3, 0.4) is 0 Å². The van der Waals surface area contributed by atoms with Gasteiger partial charge < -0.3 is 30.2 Å². The molecule has 0 aliphatic heterocycles. The molecular weight excluding hydrogens is 512 g/mol. The van der Waals surface area contributed by atoms with E-state index >= 15 is 0 Å². The number of carbonyl (C=O) groups excluding carboxylic acids is 1. The molecular formula is C27H32N2O8S. The van der Waals surface area contributed by atoms with Crippen LogP contribution in [0.25, 0.3) is 0 Å². The van der Waals surface area contributed by atoms with E-state index in [2.05, 4.69) is 10.2 Å². The van der Waals surface area contributed by atoms with Gasteiger partial charge in [0, 0.05) is 19.0 Å². The summed E-state index contributed by atoms with van der Waals surface area (Å²) in [5.41, 5.74) is 3.68. The van der Waals surface area contributed by atoms with E-state index in [4.69, 9.17) is 4.74 Å². The Kier molecular flexibility index (Phi) is 10.8. The summed E-state index contributed by atoms with van der Waals surface area (Å²) in [7, 11) is -3.99. The normalized spacial score (nSPS) is 12.3. The summed E-state index contributed by atoms with van der Waals surface area (Å²) in [6.07, 6.45) is -0.0423. The lowest BCUT2D eigenvalue weighted by Crippen LogP contribution is -2.26. The first-order chi connectivity index (χ1) is 18.2. The van der Waals surface area contributed by atoms with E-state index in [1.54, 1.807) is 29.2 Å². The number of aromatic hydroxyl groups is 1. The molecule has 204 valence electrons. The number of ether oxygens (including phenoxy) is 1. The lowest BCUT2D eigenvalue weighted by atomic mass is 10.0. The van der Waals surface area contributed by atoms with Crippen molar-refractivity contribution in [1.82, 2.24) is 10.2 Å². The van der Waals surface area contributed by atoms with Crippen molar-refractivity contribution >= 4 is 16.0 Å². The van der Waals surface area contributed by atoms with Crippen molar-refractivity contribution in [3.8, 4) is 5.75 Å². The van der Waals surface area contributed by atoms with E-state index in [1.165, 1.54) is 18.2 Å². The molecule has 3 rings (SSSR count). The lowest BCUT2D eigenvalue weighted by molar-refractivity contribution is -0.144. The minimum absolute atomic E-state index is 0.00437. The van der Waals surface area contributed by atoms with Gasteiger partial charge in [0.15, 0.2) is 0 Å². The quantitative estimate of drug-likeness (QED) is 0.152. The first-order valence-corrected chi connectivity index (χ1v) is 13.4. The molecule has 38 heavy (non-hydrogen) atoms. The van der Waals surface area contributed by atoms with E-state index in [9.17, 15) is 28.5 Å². The molecule has 0 aliphatic rings. The Hall–Kier alpha value is -3.32. The highest BCUT2D eigenvalue weighted by molar-refractivity contribution is 7.89. The summed E-state index contributed by atoms with van der Waals surface area (Å²) < 4.78 is 30.2. The third-order valence-corrected chi connectivity index (χ3v) is 6.80. The number of benzene rings is 3. The molecule has 0 saturated carbocycles. The molecule has 0 heterocycles. The van der Waals surface area contributed by atoms with E-state index in [0.29, 0.717) is 36.4 Å². The van der Waals surface area contributed by atoms with Crippen LogP contribution in [0.1, 0.15) is 40.8 Å². The van der Waals surface area contributed by atoms with Gasteiger partial charge in [-0.15, -0.1) is 0 Å². The van der Waals surface area contributed by atoms with Gasteiger partial charge in [0.2, 0.25) is 0 Å². The van der Waals surface area contributed by atoms with Crippen molar-refractivity contribution in [2.24, 2.45) is 0 Å². The van der Waals surface area contributed by atoms with Gasteiger partial charge >= 0.3 is 5.97 Å². The van der Waals surface area contributed by atoms with Crippen LogP contribution in [0.4, 0.5) is 0 Å². The van der Waals surface area contributed by atoms with Crippen molar-refractivity contribution in [2.75, 3.05) is 13.1 Å². The Morgan fingerprint density at radius 3 is 2.37 bits per heavy atom. The number of hydrogen-bond donors (Lipinski definition) is 5. The number of carbonyl (C=O) groups is 1. The molecule has 0 aromatic heterocycles. The number of sulfonamides is 1. The molecule has 5 N–H and O–H groups in total. The van der Waals surface area contributed by atoms with Crippen molar-refractivity contribution in [3.63, 3.8) is 0 Å². The maximum atomic E-state index is 12.2. The second kappa shape index (κ2) is 14.0. The van der Waals surface area contributed by atoms with Crippen molar-refractivity contribution in [3.05, 3.63) is 94.5 Å². The van der Waals surface area contributed by atoms with Gasteiger partial charge in [0.05, 0.1) is 30.8 Å². The Bertz CT molecular complexity index is 1330. The van der Waals surface area contributed by atoms with Crippen LogP contribution < -0.4 is 10.2 Å². The summed E-state index contributed by atoms with van der Waals surface area (Å²) in [4.78, 5) is 17.0. The van der Waals surface area contributed by atoms with Crippen LogP contribution in [-0.4, -0.2) is 42.8 Å². The van der Waals surface area contributed by atoms with Crippen LogP contribution in [-0.2, 0) is 50.6 Å². The zero-order valence-electron chi connectivity index (χ0n) is 21.0. The summed E-state index contributed by atoms with van der Waals surface area (Å²) >= 11 is 0. The SMILES string of the molecule is CC(=O)ONS(=O)(=O)c1cccc(COCc2cccc(CCNC[C@@H](O)c3ccc(O)c(CO)c3)c2)c1. The van der Waals surface area contributed by atoms with E-state index in [1.807, 2.05) is 24.3 Å². The van der Waals surface area contributed by atoms with Crippen LogP contribution in [0.15, 0.2) is 71.6 Å². The van der Waals surface area contributed by atoms with Gasteiger partial charge in [0.25, 0.3) is 10.0 Å². The lowest BCUT2D eigenvalue weighted by Gasteiger charge is -2.14. The van der Waals surface area contributed by atoms with Crippen LogP contribution in [0.2, 0.25) is 0 Å². The van der Waals surface area contributed by atoms with E-state index in [0.717, 1.165) is 24.5 Å². The Morgan fingerprint density at radius 2 is 1.66 bits per heavy atom. The van der Waals surface area contributed by atoms with Crippen molar-refractivity contribution in [2.45, 2.75) is 44.2 Å². The monoisotopic (exact) mass is 544 g/mol. The van der Waals surface area contributed by atoms with Crippen molar-refractivity contribution < 1.29 is 38.1 Å². The predicted molar refractivity (Wildman–Crippen MR) is 139 cm³/mol. The molecule has 0 fully saturated rings. The average molecular weight is 545 g/mol. The van der Waals surface area contributed by atoms with Gasteiger partial charge in [0.1, 0.15) is 5.75 Å². The molecule has 1 atom stereocenters. The first kappa shape index (κ1) is 29.2. The molecule has 0 saturated heterocycles. The summed E-state index contributed by atoms with van der Waals surface area (Å²) in [6, 6.07) is 18.7. The number of aliphatic hydroxyl groups is 2. The number of rotatable bonds is 14. The second-order valence-electron chi connectivity index (χ2n) is 8.66. The fourth-order valence-electron chi connectivity index (χ4n) is 3.65. The van der Waals surface area contributed by atoms with Crippen molar-refractivity contribution in [1.29, 1.82) is 0 Å². The maximum Gasteiger partial charge on any atom is 0.323 e. The van der Waals surface area contributed by atoms with Crippen LogP contribution in [0.5, 0.6) is 5.75 Å². The molecule has 0 amide bonds. The topological polar surface area (TPSA) is 154 Å². The Morgan fingerprint density at radius 1 is 0.974 bits per heavy atom. The number of phenols is 1. The van der Waals surface area contributed by atoms with E-state index in [-0.39, 0.29) is 23.9 Å². The largest absolute Gasteiger partial charge is 0.508 e.